The van der Waals surface area contributed by atoms with E-state index < -0.39 is 18.1 Å². The van der Waals surface area contributed by atoms with Gasteiger partial charge in [-0.15, -0.1) is 0 Å². The van der Waals surface area contributed by atoms with Crippen LogP contribution >= 0.6 is 0 Å². The smallest absolute Gasteiger partial charge is 0.334 e. The zero-order valence-electron chi connectivity index (χ0n) is 10.8. The van der Waals surface area contributed by atoms with Crippen molar-refractivity contribution < 1.29 is 19.8 Å². The Balaban J connectivity index is 2.46. The van der Waals surface area contributed by atoms with Gasteiger partial charge in [0.05, 0.1) is 6.54 Å². The molecule has 0 spiro atoms. The highest BCUT2D eigenvalue weighted by Gasteiger charge is 2.13. The van der Waals surface area contributed by atoms with Gasteiger partial charge in [0.15, 0.2) is 6.10 Å². The predicted octanol–water partition coefficient (Wildman–Crippen LogP) is 0.320. The second kappa shape index (κ2) is 6.60. The number of hydrogen-bond donors (Lipinski definition) is 4. The van der Waals surface area contributed by atoms with Crippen LogP contribution in [-0.2, 0) is 4.79 Å². The number of amides is 2. The summed E-state index contributed by atoms with van der Waals surface area (Å²) in [4.78, 5) is 23.7. The van der Waals surface area contributed by atoms with E-state index in [4.69, 9.17) is 10.2 Å². The highest BCUT2D eigenvalue weighted by Crippen LogP contribution is 2.15. The number of nitrogens with one attached hydrogen (secondary N) is 2. The van der Waals surface area contributed by atoms with Crippen LogP contribution in [0.4, 0.5) is 16.2 Å². The average Bonchev–Trinajstić information content (AvgIpc) is 2.36. The van der Waals surface area contributed by atoms with Gasteiger partial charge in [-0.1, -0.05) is 0 Å². The Hall–Kier alpha value is -2.28. The number of aliphatic hydroxyl groups is 1. The molecule has 1 aromatic rings. The third kappa shape index (κ3) is 4.84. The largest absolute Gasteiger partial charge is 0.479 e. The van der Waals surface area contributed by atoms with Crippen LogP contribution in [-0.4, -0.2) is 49.0 Å². The first-order valence-electron chi connectivity index (χ1n) is 5.63. The molecule has 0 aliphatic carbocycles. The Morgan fingerprint density at radius 2 is 1.84 bits per heavy atom. The van der Waals surface area contributed by atoms with Crippen molar-refractivity contribution in [1.29, 1.82) is 0 Å². The Bertz CT molecular complexity index is 445. The van der Waals surface area contributed by atoms with Crippen molar-refractivity contribution >= 4 is 23.4 Å². The minimum Gasteiger partial charge on any atom is -0.479 e. The van der Waals surface area contributed by atoms with Crippen molar-refractivity contribution in [3.8, 4) is 0 Å². The lowest BCUT2D eigenvalue weighted by molar-refractivity contribution is -0.146. The van der Waals surface area contributed by atoms with Crippen molar-refractivity contribution in [2.45, 2.75) is 6.10 Å². The van der Waals surface area contributed by atoms with Gasteiger partial charge in [-0.3, -0.25) is 0 Å². The molecule has 0 saturated heterocycles. The molecule has 1 aromatic carbocycles. The summed E-state index contributed by atoms with van der Waals surface area (Å²) in [5.41, 5.74) is 1.57. The zero-order chi connectivity index (χ0) is 14.4. The SMILES string of the molecule is CN(C)c1ccc(NC(=O)NCC(O)C(=O)O)cc1. The fraction of sp³-hybridized carbons (Fsp3) is 0.333. The standard InChI is InChI=1S/C12H17N3O4/c1-15(2)9-5-3-8(4-6-9)14-12(19)13-7-10(16)11(17)18/h3-6,10,16H,7H2,1-2H3,(H,17,18)(H2,13,14,19). The summed E-state index contributed by atoms with van der Waals surface area (Å²) in [6.07, 6.45) is -1.61. The van der Waals surface area contributed by atoms with E-state index in [1.165, 1.54) is 0 Å². The average molecular weight is 267 g/mol. The summed E-state index contributed by atoms with van der Waals surface area (Å²) < 4.78 is 0. The maximum absolute atomic E-state index is 11.4. The molecule has 0 bridgehead atoms. The third-order valence-corrected chi connectivity index (χ3v) is 2.38. The Kier molecular flexibility index (Phi) is 5.13. The van der Waals surface area contributed by atoms with Crippen LogP contribution in [0.25, 0.3) is 0 Å². The molecule has 19 heavy (non-hydrogen) atoms. The highest BCUT2D eigenvalue weighted by molar-refractivity contribution is 5.89. The van der Waals surface area contributed by atoms with E-state index in [2.05, 4.69) is 10.6 Å². The quantitative estimate of drug-likeness (QED) is 0.615. The number of carbonyl (C=O) groups excluding carboxylic acids is 1. The topological polar surface area (TPSA) is 102 Å². The summed E-state index contributed by atoms with van der Waals surface area (Å²) in [6, 6.07) is 6.55. The van der Waals surface area contributed by atoms with Crippen molar-refractivity contribution in [2.75, 3.05) is 30.9 Å². The van der Waals surface area contributed by atoms with E-state index >= 15 is 0 Å². The number of aliphatic hydroxyl groups excluding tert-OH is 1. The van der Waals surface area contributed by atoms with Gasteiger partial charge in [-0.05, 0) is 24.3 Å². The van der Waals surface area contributed by atoms with Gasteiger partial charge in [0.25, 0.3) is 0 Å². The molecular formula is C12H17N3O4. The van der Waals surface area contributed by atoms with E-state index in [1.54, 1.807) is 12.1 Å². The number of urea groups is 1. The Morgan fingerprint density at radius 3 is 2.32 bits per heavy atom. The summed E-state index contributed by atoms with van der Waals surface area (Å²) >= 11 is 0. The lowest BCUT2D eigenvalue weighted by Gasteiger charge is -2.13. The number of hydrogen-bond acceptors (Lipinski definition) is 4. The number of aliphatic carboxylic acids is 1. The molecule has 1 atom stereocenters. The molecule has 0 aliphatic heterocycles. The van der Waals surface area contributed by atoms with Crippen LogP contribution in [0.1, 0.15) is 0 Å². The molecule has 0 radical (unpaired) electrons. The Morgan fingerprint density at radius 1 is 1.26 bits per heavy atom. The lowest BCUT2D eigenvalue weighted by Crippen LogP contribution is -2.38. The monoisotopic (exact) mass is 267 g/mol. The van der Waals surface area contributed by atoms with E-state index in [-0.39, 0.29) is 6.54 Å². The van der Waals surface area contributed by atoms with Gasteiger partial charge in [0.1, 0.15) is 0 Å². The number of benzene rings is 1. The second-order valence-corrected chi connectivity index (χ2v) is 4.13. The molecule has 7 nitrogen and oxygen atoms in total. The molecule has 0 fully saturated rings. The maximum Gasteiger partial charge on any atom is 0.334 e. The van der Waals surface area contributed by atoms with Crippen LogP contribution < -0.4 is 15.5 Å². The summed E-state index contributed by atoms with van der Waals surface area (Å²) in [5, 5.41) is 22.2. The van der Waals surface area contributed by atoms with Crippen LogP contribution in [0.5, 0.6) is 0 Å². The van der Waals surface area contributed by atoms with Gasteiger partial charge >= 0.3 is 12.0 Å². The van der Waals surface area contributed by atoms with E-state index in [0.717, 1.165) is 5.69 Å². The van der Waals surface area contributed by atoms with Crippen LogP contribution in [0.3, 0.4) is 0 Å². The van der Waals surface area contributed by atoms with Gasteiger partial charge in [-0.2, -0.15) is 0 Å². The number of anilines is 2. The predicted molar refractivity (Wildman–Crippen MR) is 71.4 cm³/mol. The number of rotatable bonds is 5. The van der Waals surface area contributed by atoms with Gasteiger partial charge in [-0.25, -0.2) is 9.59 Å². The van der Waals surface area contributed by atoms with Crippen molar-refractivity contribution in [2.24, 2.45) is 0 Å². The van der Waals surface area contributed by atoms with E-state index in [9.17, 15) is 9.59 Å². The fourth-order valence-electron chi connectivity index (χ4n) is 1.29. The number of carboxylic acids is 1. The minimum absolute atomic E-state index is 0.350. The second-order valence-electron chi connectivity index (χ2n) is 4.13. The minimum atomic E-state index is -1.61. The van der Waals surface area contributed by atoms with E-state index in [1.807, 2.05) is 31.1 Å². The molecule has 0 aromatic heterocycles. The fourth-order valence-corrected chi connectivity index (χ4v) is 1.29. The molecule has 0 aliphatic rings. The number of carbonyl (C=O) groups is 2. The highest BCUT2D eigenvalue weighted by atomic mass is 16.4. The van der Waals surface area contributed by atoms with Crippen LogP contribution in [0.15, 0.2) is 24.3 Å². The van der Waals surface area contributed by atoms with Crippen molar-refractivity contribution in [3.63, 3.8) is 0 Å². The van der Waals surface area contributed by atoms with Gasteiger partial charge in [0, 0.05) is 25.5 Å². The molecule has 2 amide bonds. The molecule has 0 saturated carbocycles. The lowest BCUT2D eigenvalue weighted by atomic mass is 10.2. The first-order chi connectivity index (χ1) is 8.90. The van der Waals surface area contributed by atoms with Gasteiger partial charge < -0.3 is 25.7 Å². The molecule has 7 heteroatoms. The summed E-state index contributed by atoms with van der Waals surface area (Å²) in [6.45, 7) is -0.350. The van der Waals surface area contributed by atoms with Crippen molar-refractivity contribution in [3.05, 3.63) is 24.3 Å². The molecule has 1 rings (SSSR count). The normalized spacial score (nSPS) is 11.5. The molecule has 4 N–H and O–H groups in total. The number of nitrogens with zero attached hydrogens (tertiary/aromatic N) is 1. The third-order valence-electron chi connectivity index (χ3n) is 2.38. The molecule has 1 unspecified atom stereocenters. The van der Waals surface area contributed by atoms with Gasteiger partial charge in [0.2, 0.25) is 0 Å². The Labute approximate surface area is 110 Å². The molecule has 104 valence electrons. The van der Waals surface area contributed by atoms with Crippen LogP contribution in [0, 0.1) is 0 Å². The van der Waals surface area contributed by atoms with Crippen LogP contribution in [0.2, 0.25) is 0 Å². The zero-order valence-corrected chi connectivity index (χ0v) is 10.8. The summed E-state index contributed by atoms with van der Waals surface area (Å²) in [7, 11) is 3.81. The maximum atomic E-state index is 11.4. The first-order valence-corrected chi connectivity index (χ1v) is 5.63. The molecule has 0 heterocycles. The molecular weight excluding hydrogens is 250 g/mol. The van der Waals surface area contributed by atoms with Crippen molar-refractivity contribution in [1.82, 2.24) is 5.32 Å². The first kappa shape index (κ1) is 14.8. The summed E-state index contributed by atoms with van der Waals surface area (Å²) in [5.74, 6) is -1.38. The van der Waals surface area contributed by atoms with E-state index in [0.29, 0.717) is 5.69 Å². The number of carboxylic acid groups (broad SMARTS) is 1.